The minimum atomic E-state index is -0.480. The maximum absolute atomic E-state index is 12.3. The Labute approximate surface area is 164 Å². The van der Waals surface area contributed by atoms with Crippen molar-refractivity contribution in [2.45, 2.75) is 32.4 Å². The van der Waals surface area contributed by atoms with Gasteiger partial charge in [-0.05, 0) is 26.8 Å². The van der Waals surface area contributed by atoms with Gasteiger partial charge in [-0.2, -0.15) is 0 Å². The second kappa shape index (κ2) is 8.21. The number of pyridine rings is 1. The van der Waals surface area contributed by atoms with E-state index in [0.29, 0.717) is 43.7 Å². The number of hydrogen-bond donors (Lipinski definition) is 1. The average Bonchev–Trinajstić information content (AvgIpc) is 3.01. The van der Waals surface area contributed by atoms with Gasteiger partial charge in [0.25, 0.3) is 0 Å². The lowest BCUT2D eigenvalue weighted by Crippen LogP contribution is -2.57. The highest BCUT2D eigenvalue weighted by Crippen LogP contribution is 2.18. The molecule has 8 nitrogen and oxygen atoms in total. The lowest BCUT2D eigenvalue weighted by molar-refractivity contribution is 0.0137. The molecule has 27 heavy (non-hydrogen) atoms. The molecule has 1 unspecified atom stereocenters. The number of aliphatic imine (C=N–C) groups is 1. The van der Waals surface area contributed by atoms with Gasteiger partial charge in [-0.3, -0.25) is 4.99 Å². The van der Waals surface area contributed by atoms with Gasteiger partial charge >= 0.3 is 6.09 Å². The summed E-state index contributed by atoms with van der Waals surface area (Å²) in [6, 6.07) is 3.67. The average molecular weight is 396 g/mol. The molecule has 1 aromatic heterocycles. The zero-order chi connectivity index (χ0) is 19.4. The highest BCUT2D eigenvalue weighted by Gasteiger charge is 2.36. The Hall–Kier alpha value is -2.22. The van der Waals surface area contributed by atoms with Gasteiger partial charge in [0.2, 0.25) is 5.88 Å². The van der Waals surface area contributed by atoms with Crippen molar-refractivity contribution >= 4 is 23.7 Å². The van der Waals surface area contributed by atoms with Gasteiger partial charge in [0.15, 0.2) is 5.96 Å². The molecule has 2 aliphatic heterocycles. The van der Waals surface area contributed by atoms with Crippen molar-refractivity contribution in [3.8, 4) is 5.88 Å². The fraction of sp³-hybridized carbons (Fsp3) is 0.611. The molecule has 0 saturated carbocycles. The van der Waals surface area contributed by atoms with Crippen molar-refractivity contribution in [2.75, 3.05) is 39.3 Å². The van der Waals surface area contributed by atoms with Gasteiger partial charge in [0, 0.05) is 31.9 Å². The van der Waals surface area contributed by atoms with Crippen LogP contribution in [0.15, 0.2) is 23.3 Å². The number of aromatic nitrogens is 1. The lowest BCUT2D eigenvalue weighted by Gasteiger charge is -2.39. The number of nitrogens with one attached hydrogen (secondary N) is 1. The van der Waals surface area contributed by atoms with Crippen LogP contribution in [-0.4, -0.2) is 77.8 Å². The molecule has 1 fully saturated rings. The van der Waals surface area contributed by atoms with E-state index in [4.69, 9.17) is 21.1 Å². The van der Waals surface area contributed by atoms with E-state index in [0.717, 1.165) is 12.5 Å². The number of rotatable bonds is 4. The quantitative estimate of drug-likeness (QED) is 0.785. The Kier molecular flexibility index (Phi) is 5.94. The number of guanidine groups is 1. The van der Waals surface area contributed by atoms with Crippen molar-refractivity contribution in [3.05, 3.63) is 23.4 Å². The number of piperazine rings is 1. The summed E-state index contributed by atoms with van der Waals surface area (Å²) in [4.78, 5) is 24.9. The van der Waals surface area contributed by atoms with Crippen LogP contribution in [0.2, 0.25) is 5.02 Å². The molecule has 3 rings (SSSR count). The number of hydrogen-bond acceptors (Lipinski definition) is 7. The second-order valence-electron chi connectivity index (χ2n) is 7.53. The first kappa shape index (κ1) is 19.5. The molecule has 0 aromatic carbocycles. The normalized spacial score (nSPS) is 19.4. The third-order valence-corrected chi connectivity index (χ3v) is 4.42. The zero-order valence-electron chi connectivity index (χ0n) is 15.9. The van der Waals surface area contributed by atoms with E-state index in [-0.39, 0.29) is 12.1 Å². The van der Waals surface area contributed by atoms with Crippen molar-refractivity contribution in [1.82, 2.24) is 20.1 Å². The third kappa shape index (κ3) is 5.38. The maximum atomic E-state index is 12.3. The molecule has 1 amide bonds. The van der Waals surface area contributed by atoms with E-state index >= 15 is 0 Å². The van der Waals surface area contributed by atoms with Crippen LogP contribution in [0.25, 0.3) is 0 Å². The molecule has 1 saturated heterocycles. The number of carbonyl (C=O) groups excluding carboxylic acids is 1. The smallest absolute Gasteiger partial charge is 0.410 e. The predicted octanol–water partition coefficient (Wildman–Crippen LogP) is 1.99. The summed E-state index contributed by atoms with van der Waals surface area (Å²) in [6.07, 6.45) is 1.30. The summed E-state index contributed by atoms with van der Waals surface area (Å²) in [7, 11) is 0. The van der Waals surface area contributed by atoms with Crippen LogP contribution in [0.1, 0.15) is 20.8 Å². The van der Waals surface area contributed by atoms with Gasteiger partial charge in [0.05, 0.1) is 24.2 Å². The Morgan fingerprint density at radius 2 is 2.19 bits per heavy atom. The summed E-state index contributed by atoms with van der Waals surface area (Å²) >= 11 is 5.80. The van der Waals surface area contributed by atoms with Crippen LogP contribution in [-0.2, 0) is 4.74 Å². The fourth-order valence-electron chi connectivity index (χ4n) is 2.99. The van der Waals surface area contributed by atoms with E-state index in [9.17, 15) is 4.79 Å². The van der Waals surface area contributed by atoms with E-state index in [2.05, 4.69) is 20.2 Å². The van der Waals surface area contributed by atoms with Gasteiger partial charge < -0.3 is 24.6 Å². The first-order valence-corrected chi connectivity index (χ1v) is 9.47. The summed E-state index contributed by atoms with van der Waals surface area (Å²) < 4.78 is 11.0. The minimum Gasteiger partial charge on any atom is -0.476 e. The van der Waals surface area contributed by atoms with E-state index in [1.54, 1.807) is 23.2 Å². The third-order valence-electron chi connectivity index (χ3n) is 4.19. The van der Waals surface area contributed by atoms with Gasteiger partial charge in [0.1, 0.15) is 12.2 Å². The van der Waals surface area contributed by atoms with Crippen molar-refractivity contribution in [1.29, 1.82) is 0 Å². The highest BCUT2D eigenvalue weighted by atomic mass is 35.5. The van der Waals surface area contributed by atoms with Crippen LogP contribution < -0.4 is 10.1 Å². The standard InChI is InChI=1S/C18H26ClN5O3/c1-18(2,3)27-17(25)23-7-8-24-14(12-23)11-22-16(24)20-6-9-26-15-5-4-13(19)10-21-15/h4-5,10,14H,6-9,11-12H2,1-3H3,(H,20,22). The zero-order valence-corrected chi connectivity index (χ0v) is 16.7. The number of nitrogens with zero attached hydrogens (tertiary/aromatic N) is 4. The van der Waals surface area contributed by atoms with Crippen LogP contribution in [0.3, 0.4) is 0 Å². The number of amides is 1. The number of ether oxygens (including phenoxy) is 2. The van der Waals surface area contributed by atoms with Crippen LogP contribution >= 0.6 is 11.6 Å². The minimum absolute atomic E-state index is 0.188. The lowest BCUT2D eigenvalue weighted by atomic mass is 10.2. The van der Waals surface area contributed by atoms with Crippen molar-refractivity contribution < 1.29 is 14.3 Å². The maximum Gasteiger partial charge on any atom is 0.410 e. The Bertz CT molecular complexity index is 689. The fourth-order valence-corrected chi connectivity index (χ4v) is 3.10. The number of halogens is 1. The molecule has 1 N–H and O–H groups in total. The molecule has 0 bridgehead atoms. The molecule has 148 valence electrons. The highest BCUT2D eigenvalue weighted by molar-refractivity contribution is 6.30. The van der Waals surface area contributed by atoms with E-state index in [1.165, 1.54) is 0 Å². The summed E-state index contributed by atoms with van der Waals surface area (Å²) in [5.41, 5.74) is -0.480. The Balaban J connectivity index is 1.41. The van der Waals surface area contributed by atoms with E-state index < -0.39 is 5.60 Å². The topological polar surface area (TPSA) is 79.3 Å². The molecule has 0 spiro atoms. The molecule has 3 heterocycles. The van der Waals surface area contributed by atoms with Gasteiger partial charge in [-0.15, -0.1) is 0 Å². The predicted molar refractivity (Wildman–Crippen MR) is 103 cm³/mol. The second-order valence-corrected chi connectivity index (χ2v) is 7.96. The molecule has 1 aromatic rings. The molecule has 0 aliphatic carbocycles. The number of carbonyl (C=O) groups is 1. The summed E-state index contributed by atoms with van der Waals surface area (Å²) in [5, 5.41) is 3.89. The Morgan fingerprint density at radius 1 is 1.37 bits per heavy atom. The molecular weight excluding hydrogens is 370 g/mol. The molecule has 2 aliphatic rings. The van der Waals surface area contributed by atoms with Crippen LogP contribution in [0.5, 0.6) is 5.88 Å². The van der Waals surface area contributed by atoms with E-state index in [1.807, 2.05) is 20.8 Å². The molecule has 0 radical (unpaired) electrons. The molecule has 9 heteroatoms. The SMILES string of the molecule is CC(C)(C)OC(=O)N1CCN2C(NCCOc3ccc(Cl)cn3)=NCC2C1. The van der Waals surface area contributed by atoms with Crippen molar-refractivity contribution in [2.24, 2.45) is 4.99 Å². The van der Waals surface area contributed by atoms with Crippen molar-refractivity contribution in [3.63, 3.8) is 0 Å². The Morgan fingerprint density at radius 3 is 2.89 bits per heavy atom. The largest absolute Gasteiger partial charge is 0.476 e. The summed E-state index contributed by atoms with van der Waals surface area (Å²) in [5.74, 6) is 1.40. The monoisotopic (exact) mass is 395 g/mol. The molecule has 1 atom stereocenters. The molecular formula is C18H26ClN5O3. The number of fused-ring (bicyclic) bond motifs is 1. The first-order chi connectivity index (χ1) is 12.8. The summed E-state index contributed by atoms with van der Waals surface area (Å²) in [6.45, 7) is 9.36. The first-order valence-electron chi connectivity index (χ1n) is 9.09. The van der Waals surface area contributed by atoms with Crippen LogP contribution in [0, 0.1) is 0 Å². The van der Waals surface area contributed by atoms with Gasteiger partial charge in [-0.25, -0.2) is 9.78 Å². The van der Waals surface area contributed by atoms with Crippen LogP contribution in [0.4, 0.5) is 4.79 Å². The van der Waals surface area contributed by atoms with Gasteiger partial charge in [-0.1, -0.05) is 11.6 Å².